The van der Waals surface area contributed by atoms with E-state index < -0.39 is 0 Å². The molecule has 3 aromatic carbocycles. The maximum atomic E-state index is 5.88. The second-order valence-corrected chi connectivity index (χ2v) is 7.64. The smallest absolute Gasteiger partial charge is 0.231 e. The van der Waals surface area contributed by atoms with Crippen LogP contribution in [-0.4, -0.2) is 27.1 Å². The molecule has 1 aliphatic heterocycles. The SMILES string of the molecule is CCOc1ccccc1C[NH+](CCc1ccc2c(c1)OCO2)Cc1ccccc1OC. The monoisotopic (exact) mass is 420 g/mol. The summed E-state index contributed by atoms with van der Waals surface area (Å²) in [5.74, 6) is 3.56. The van der Waals surface area contributed by atoms with Crippen LogP contribution in [0.1, 0.15) is 23.6 Å². The Bertz CT molecular complexity index is 1000. The van der Waals surface area contributed by atoms with Crippen molar-refractivity contribution in [2.24, 2.45) is 0 Å². The van der Waals surface area contributed by atoms with Gasteiger partial charge in [-0.15, -0.1) is 0 Å². The molecular formula is C26H30NO4+. The number of ether oxygens (including phenoxy) is 4. The summed E-state index contributed by atoms with van der Waals surface area (Å²) in [5, 5.41) is 0. The van der Waals surface area contributed by atoms with Gasteiger partial charge in [-0.3, -0.25) is 0 Å². The van der Waals surface area contributed by atoms with E-state index in [0.29, 0.717) is 13.4 Å². The predicted octanol–water partition coefficient (Wildman–Crippen LogP) is 3.65. The molecule has 0 saturated carbocycles. The highest BCUT2D eigenvalue weighted by atomic mass is 16.7. The van der Waals surface area contributed by atoms with Gasteiger partial charge in [0.25, 0.3) is 0 Å². The van der Waals surface area contributed by atoms with E-state index in [-0.39, 0.29) is 0 Å². The molecule has 1 N–H and O–H groups in total. The third kappa shape index (κ3) is 5.30. The van der Waals surface area contributed by atoms with Crippen LogP contribution >= 0.6 is 0 Å². The molecule has 162 valence electrons. The molecule has 0 aliphatic carbocycles. The number of hydrogen-bond acceptors (Lipinski definition) is 4. The van der Waals surface area contributed by atoms with Gasteiger partial charge in [0, 0.05) is 17.5 Å². The van der Waals surface area contributed by atoms with Gasteiger partial charge in [-0.05, 0) is 48.9 Å². The topological polar surface area (TPSA) is 41.4 Å². The fraction of sp³-hybridized carbons (Fsp3) is 0.308. The van der Waals surface area contributed by atoms with Crippen molar-refractivity contribution in [2.75, 3.05) is 27.1 Å². The molecule has 4 rings (SSSR count). The Labute approximate surface area is 184 Å². The quantitative estimate of drug-likeness (QED) is 0.544. The van der Waals surface area contributed by atoms with Crippen LogP contribution in [0.15, 0.2) is 66.7 Å². The summed E-state index contributed by atoms with van der Waals surface area (Å²) < 4.78 is 22.5. The number of fused-ring (bicyclic) bond motifs is 1. The molecule has 1 atom stereocenters. The minimum absolute atomic E-state index is 0.304. The van der Waals surface area contributed by atoms with E-state index in [1.807, 2.05) is 31.2 Å². The number of methoxy groups -OCH3 is 1. The molecule has 31 heavy (non-hydrogen) atoms. The maximum absolute atomic E-state index is 5.88. The lowest BCUT2D eigenvalue weighted by Gasteiger charge is -2.22. The van der Waals surface area contributed by atoms with Crippen molar-refractivity contribution >= 4 is 0 Å². The first-order valence-corrected chi connectivity index (χ1v) is 10.8. The zero-order valence-corrected chi connectivity index (χ0v) is 18.2. The Balaban J connectivity index is 1.53. The number of nitrogens with one attached hydrogen (secondary N) is 1. The van der Waals surface area contributed by atoms with Gasteiger partial charge in [0.05, 0.1) is 20.3 Å². The van der Waals surface area contributed by atoms with E-state index in [9.17, 15) is 0 Å². The standard InChI is InChI=1S/C26H29NO4/c1-3-29-24-11-7-5-9-22(24)18-27(17-21-8-4-6-10-23(21)28-2)15-14-20-12-13-25-26(16-20)31-19-30-25/h4-13,16H,3,14-15,17-19H2,1-2H3/p+1. The highest BCUT2D eigenvalue weighted by Gasteiger charge is 2.18. The molecule has 5 heteroatoms. The van der Waals surface area contributed by atoms with Crippen LogP contribution in [0.4, 0.5) is 0 Å². The zero-order valence-electron chi connectivity index (χ0n) is 18.2. The molecule has 5 nitrogen and oxygen atoms in total. The molecule has 0 amide bonds. The fourth-order valence-electron chi connectivity index (χ4n) is 3.99. The van der Waals surface area contributed by atoms with Crippen molar-refractivity contribution in [3.05, 3.63) is 83.4 Å². The molecule has 0 fully saturated rings. The molecule has 0 saturated heterocycles. The van der Waals surface area contributed by atoms with E-state index in [1.165, 1.54) is 21.6 Å². The van der Waals surface area contributed by atoms with E-state index in [0.717, 1.165) is 49.1 Å². The Morgan fingerprint density at radius 1 is 0.839 bits per heavy atom. The van der Waals surface area contributed by atoms with Crippen molar-refractivity contribution in [3.8, 4) is 23.0 Å². The van der Waals surface area contributed by atoms with Gasteiger partial charge in [0.1, 0.15) is 24.6 Å². The normalized spacial score (nSPS) is 13.1. The average Bonchev–Trinajstić information content (AvgIpc) is 3.27. The van der Waals surface area contributed by atoms with Crippen molar-refractivity contribution < 1.29 is 23.8 Å². The molecule has 3 aromatic rings. The van der Waals surface area contributed by atoms with Crippen molar-refractivity contribution in [1.82, 2.24) is 0 Å². The van der Waals surface area contributed by atoms with Gasteiger partial charge in [-0.25, -0.2) is 0 Å². The maximum Gasteiger partial charge on any atom is 0.231 e. The largest absolute Gasteiger partial charge is 0.496 e. The van der Waals surface area contributed by atoms with Crippen LogP contribution in [0.3, 0.4) is 0 Å². The summed E-state index contributed by atoms with van der Waals surface area (Å²) in [6, 6.07) is 22.8. The number of rotatable bonds is 10. The van der Waals surface area contributed by atoms with Gasteiger partial charge < -0.3 is 23.8 Å². The molecule has 0 spiro atoms. The third-order valence-electron chi connectivity index (χ3n) is 5.55. The molecule has 0 aromatic heterocycles. The molecule has 0 bridgehead atoms. The van der Waals surface area contributed by atoms with Gasteiger partial charge in [-0.1, -0.05) is 30.3 Å². The number of para-hydroxylation sites is 2. The van der Waals surface area contributed by atoms with Gasteiger partial charge in [-0.2, -0.15) is 0 Å². The number of hydrogen-bond donors (Lipinski definition) is 1. The van der Waals surface area contributed by atoms with E-state index in [2.05, 4.69) is 42.5 Å². The summed E-state index contributed by atoms with van der Waals surface area (Å²) in [6.45, 7) is 5.70. The minimum atomic E-state index is 0.304. The van der Waals surface area contributed by atoms with E-state index >= 15 is 0 Å². The summed E-state index contributed by atoms with van der Waals surface area (Å²) in [7, 11) is 1.73. The Hall–Kier alpha value is -3.18. The summed E-state index contributed by atoms with van der Waals surface area (Å²) in [6.07, 6.45) is 0.942. The van der Waals surface area contributed by atoms with Gasteiger partial charge >= 0.3 is 0 Å². The van der Waals surface area contributed by atoms with Crippen LogP contribution in [0.2, 0.25) is 0 Å². The molecule has 1 unspecified atom stereocenters. The summed E-state index contributed by atoms with van der Waals surface area (Å²) in [5.41, 5.74) is 3.68. The first-order chi connectivity index (χ1) is 15.3. The van der Waals surface area contributed by atoms with Gasteiger partial charge in [0.2, 0.25) is 6.79 Å². The first kappa shape index (κ1) is 21.1. The van der Waals surface area contributed by atoms with Crippen LogP contribution in [0, 0.1) is 0 Å². The summed E-state index contributed by atoms with van der Waals surface area (Å²) >= 11 is 0. The Kier molecular flexibility index (Phi) is 6.95. The fourth-order valence-corrected chi connectivity index (χ4v) is 3.99. The second-order valence-electron chi connectivity index (χ2n) is 7.64. The second kappa shape index (κ2) is 10.2. The number of quaternary nitrogens is 1. The molecule has 0 radical (unpaired) electrons. The Morgan fingerprint density at radius 2 is 1.52 bits per heavy atom. The van der Waals surface area contributed by atoms with E-state index in [4.69, 9.17) is 18.9 Å². The summed E-state index contributed by atoms with van der Waals surface area (Å²) in [4.78, 5) is 1.44. The zero-order chi connectivity index (χ0) is 21.5. The van der Waals surface area contributed by atoms with Gasteiger partial charge in [0.15, 0.2) is 11.5 Å². The predicted molar refractivity (Wildman–Crippen MR) is 120 cm³/mol. The lowest BCUT2D eigenvalue weighted by atomic mass is 10.1. The van der Waals surface area contributed by atoms with Crippen molar-refractivity contribution in [2.45, 2.75) is 26.4 Å². The van der Waals surface area contributed by atoms with Crippen LogP contribution in [0.5, 0.6) is 23.0 Å². The Morgan fingerprint density at radius 3 is 2.26 bits per heavy atom. The third-order valence-corrected chi connectivity index (χ3v) is 5.55. The average molecular weight is 421 g/mol. The highest BCUT2D eigenvalue weighted by Crippen LogP contribution is 2.32. The molecule has 1 aliphatic rings. The highest BCUT2D eigenvalue weighted by molar-refractivity contribution is 5.44. The number of benzene rings is 3. The molecule has 1 heterocycles. The lowest BCUT2D eigenvalue weighted by molar-refractivity contribution is -0.927. The minimum Gasteiger partial charge on any atom is -0.496 e. The van der Waals surface area contributed by atoms with Crippen LogP contribution < -0.4 is 23.8 Å². The van der Waals surface area contributed by atoms with Crippen LogP contribution in [-0.2, 0) is 19.5 Å². The van der Waals surface area contributed by atoms with Crippen molar-refractivity contribution in [1.29, 1.82) is 0 Å². The van der Waals surface area contributed by atoms with Crippen molar-refractivity contribution in [3.63, 3.8) is 0 Å². The molecular weight excluding hydrogens is 390 g/mol. The first-order valence-electron chi connectivity index (χ1n) is 10.8. The lowest BCUT2D eigenvalue weighted by Crippen LogP contribution is -3.09. The van der Waals surface area contributed by atoms with E-state index in [1.54, 1.807) is 7.11 Å². The van der Waals surface area contributed by atoms with Crippen LogP contribution in [0.25, 0.3) is 0 Å².